The standard InChI is InChI=1S/C21H24N4O2/c1-15-9-10-16(19-14-25(24-23-19)12-11-21(2,3)27)13-18(15)20(26)22-17-7-5-4-6-8-17/h4-10,13-14,27H,11-12H2,1-3H3,(H,22,26). The monoisotopic (exact) mass is 364 g/mol. The normalized spacial score (nSPS) is 11.4. The van der Waals surface area contributed by atoms with Crippen LogP contribution in [0.15, 0.2) is 54.7 Å². The Morgan fingerprint density at radius 3 is 2.63 bits per heavy atom. The number of nitrogens with zero attached hydrogens (tertiary/aromatic N) is 3. The van der Waals surface area contributed by atoms with Crippen LogP contribution >= 0.6 is 0 Å². The minimum atomic E-state index is -0.751. The smallest absolute Gasteiger partial charge is 0.255 e. The molecule has 0 spiro atoms. The third-order valence-corrected chi connectivity index (χ3v) is 4.30. The number of carbonyl (C=O) groups is 1. The third kappa shape index (κ3) is 5.01. The maximum Gasteiger partial charge on any atom is 0.255 e. The summed E-state index contributed by atoms with van der Waals surface area (Å²) in [5, 5.41) is 21.1. The highest BCUT2D eigenvalue weighted by Crippen LogP contribution is 2.22. The van der Waals surface area contributed by atoms with Crippen LogP contribution < -0.4 is 5.32 Å². The topological polar surface area (TPSA) is 80.0 Å². The van der Waals surface area contributed by atoms with E-state index < -0.39 is 5.60 Å². The van der Waals surface area contributed by atoms with E-state index in [2.05, 4.69) is 15.6 Å². The molecule has 27 heavy (non-hydrogen) atoms. The molecule has 0 unspecified atom stereocenters. The number of aromatic nitrogens is 3. The molecule has 0 aliphatic carbocycles. The maximum absolute atomic E-state index is 12.7. The van der Waals surface area contributed by atoms with E-state index in [1.807, 2.05) is 61.7 Å². The van der Waals surface area contributed by atoms with E-state index >= 15 is 0 Å². The van der Waals surface area contributed by atoms with Gasteiger partial charge in [-0.2, -0.15) is 0 Å². The van der Waals surface area contributed by atoms with Gasteiger partial charge in [-0.1, -0.05) is 35.5 Å². The van der Waals surface area contributed by atoms with Gasteiger partial charge in [-0.3, -0.25) is 9.48 Å². The Morgan fingerprint density at radius 1 is 1.19 bits per heavy atom. The molecule has 3 aromatic rings. The Balaban J connectivity index is 1.79. The number of nitrogens with one attached hydrogen (secondary N) is 1. The molecule has 0 atom stereocenters. The second kappa shape index (κ2) is 7.72. The molecule has 2 N–H and O–H groups in total. The minimum absolute atomic E-state index is 0.157. The summed E-state index contributed by atoms with van der Waals surface area (Å²) >= 11 is 0. The van der Waals surface area contributed by atoms with Gasteiger partial charge in [-0.15, -0.1) is 5.10 Å². The van der Waals surface area contributed by atoms with Gasteiger partial charge in [0.25, 0.3) is 5.91 Å². The van der Waals surface area contributed by atoms with Gasteiger partial charge in [0, 0.05) is 23.4 Å². The van der Waals surface area contributed by atoms with Crippen LogP contribution in [-0.4, -0.2) is 31.6 Å². The van der Waals surface area contributed by atoms with Crippen molar-refractivity contribution < 1.29 is 9.90 Å². The lowest BCUT2D eigenvalue weighted by Gasteiger charge is -2.15. The van der Waals surface area contributed by atoms with Gasteiger partial charge >= 0.3 is 0 Å². The number of rotatable bonds is 6. The van der Waals surface area contributed by atoms with Gasteiger partial charge in [0.2, 0.25) is 0 Å². The quantitative estimate of drug-likeness (QED) is 0.699. The van der Waals surface area contributed by atoms with Crippen molar-refractivity contribution in [2.45, 2.75) is 39.3 Å². The number of benzene rings is 2. The molecule has 2 aromatic carbocycles. The summed E-state index contributed by atoms with van der Waals surface area (Å²) in [7, 11) is 0. The number of hydrogen-bond acceptors (Lipinski definition) is 4. The Morgan fingerprint density at radius 2 is 1.93 bits per heavy atom. The summed E-state index contributed by atoms with van der Waals surface area (Å²) in [5.74, 6) is -0.157. The lowest BCUT2D eigenvalue weighted by Crippen LogP contribution is -2.21. The number of anilines is 1. The number of para-hydroxylation sites is 1. The van der Waals surface area contributed by atoms with Crippen molar-refractivity contribution in [3.8, 4) is 11.3 Å². The highest BCUT2D eigenvalue weighted by Gasteiger charge is 2.15. The zero-order chi connectivity index (χ0) is 19.4. The fourth-order valence-corrected chi connectivity index (χ4v) is 2.67. The second-order valence-electron chi connectivity index (χ2n) is 7.28. The fourth-order valence-electron chi connectivity index (χ4n) is 2.67. The molecule has 0 aliphatic heterocycles. The lowest BCUT2D eigenvalue weighted by atomic mass is 10.0. The predicted octanol–water partition coefficient (Wildman–Crippen LogP) is 3.67. The molecule has 0 aliphatic rings. The van der Waals surface area contributed by atoms with Gasteiger partial charge < -0.3 is 10.4 Å². The highest BCUT2D eigenvalue weighted by atomic mass is 16.3. The summed E-state index contributed by atoms with van der Waals surface area (Å²) in [6.45, 7) is 6.01. The number of hydrogen-bond donors (Lipinski definition) is 2. The molecule has 1 heterocycles. The largest absolute Gasteiger partial charge is 0.390 e. The van der Waals surface area contributed by atoms with Gasteiger partial charge in [0.15, 0.2) is 0 Å². The lowest BCUT2D eigenvalue weighted by molar-refractivity contribution is 0.0649. The van der Waals surface area contributed by atoms with Crippen LogP contribution in [0.25, 0.3) is 11.3 Å². The van der Waals surface area contributed by atoms with Crippen LogP contribution in [-0.2, 0) is 6.54 Å². The Bertz CT molecular complexity index is 927. The Hall–Kier alpha value is -2.99. The summed E-state index contributed by atoms with van der Waals surface area (Å²) in [4.78, 5) is 12.7. The molecule has 0 bridgehead atoms. The van der Waals surface area contributed by atoms with Gasteiger partial charge in [0.1, 0.15) is 5.69 Å². The van der Waals surface area contributed by atoms with Crippen LogP contribution in [0.4, 0.5) is 5.69 Å². The molecule has 0 saturated carbocycles. The Kier molecular flexibility index (Phi) is 5.37. The fraction of sp³-hybridized carbons (Fsp3) is 0.286. The van der Waals surface area contributed by atoms with E-state index in [0.29, 0.717) is 24.2 Å². The van der Waals surface area contributed by atoms with E-state index in [9.17, 15) is 9.90 Å². The third-order valence-electron chi connectivity index (χ3n) is 4.30. The zero-order valence-corrected chi connectivity index (χ0v) is 15.8. The van der Waals surface area contributed by atoms with Crippen molar-refractivity contribution in [3.05, 3.63) is 65.9 Å². The first-order chi connectivity index (χ1) is 12.8. The average molecular weight is 364 g/mol. The van der Waals surface area contributed by atoms with Crippen molar-refractivity contribution in [1.82, 2.24) is 15.0 Å². The molecule has 1 aromatic heterocycles. The molecule has 140 valence electrons. The second-order valence-corrected chi connectivity index (χ2v) is 7.28. The van der Waals surface area contributed by atoms with Crippen molar-refractivity contribution in [2.24, 2.45) is 0 Å². The van der Waals surface area contributed by atoms with Crippen molar-refractivity contribution >= 4 is 11.6 Å². The van der Waals surface area contributed by atoms with Crippen LogP contribution in [0.2, 0.25) is 0 Å². The molecule has 0 saturated heterocycles. The van der Waals surface area contributed by atoms with E-state index in [-0.39, 0.29) is 5.91 Å². The van der Waals surface area contributed by atoms with E-state index in [0.717, 1.165) is 16.8 Å². The molecule has 1 amide bonds. The molecular formula is C21H24N4O2. The van der Waals surface area contributed by atoms with Crippen LogP contribution in [0.1, 0.15) is 36.2 Å². The molecular weight excluding hydrogens is 340 g/mol. The molecule has 6 heteroatoms. The predicted molar refractivity (Wildman–Crippen MR) is 106 cm³/mol. The van der Waals surface area contributed by atoms with Crippen LogP contribution in [0.3, 0.4) is 0 Å². The summed E-state index contributed by atoms with van der Waals surface area (Å²) in [6.07, 6.45) is 2.41. The van der Waals surface area contributed by atoms with Gasteiger partial charge in [-0.25, -0.2) is 0 Å². The van der Waals surface area contributed by atoms with E-state index in [1.165, 1.54) is 0 Å². The molecule has 3 rings (SSSR count). The highest BCUT2D eigenvalue weighted by molar-refractivity contribution is 6.05. The summed E-state index contributed by atoms with van der Waals surface area (Å²) in [5.41, 5.74) is 3.01. The first kappa shape index (κ1) is 18.8. The Labute approximate surface area is 158 Å². The van der Waals surface area contributed by atoms with Gasteiger partial charge in [0.05, 0.1) is 11.8 Å². The first-order valence-electron chi connectivity index (χ1n) is 8.92. The number of aryl methyl sites for hydroxylation is 2. The molecule has 6 nitrogen and oxygen atoms in total. The van der Waals surface area contributed by atoms with E-state index in [4.69, 9.17) is 0 Å². The SMILES string of the molecule is Cc1ccc(-c2cn(CCC(C)(C)O)nn2)cc1C(=O)Nc1ccccc1. The first-order valence-corrected chi connectivity index (χ1v) is 8.92. The van der Waals surface area contributed by atoms with Crippen molar-refractivity contribution in [1.29, 1.82) is 0 Å². The number of aliphatic hydroxyl groups is 1. The molecule has 0 fully saturated rings. The van der Waals surface area contributed by atoms with E-state index in [1.54, 1.807) is 18.5 Å². The zero-order valence-electron chi connectivity index (χ0n) is 15.8. The maximum atomic E-state index is 12.7. The summed E-state index contributed by atoms with van der Waals surface area (Å²) in [6, 6.07) is 15.0. The van der Waals surface area contributed by atoms with Crippen molar-refractivity contribution in [2.75, 3.05) is 5.32 Å². The minimum Gasteiger partial charge on any atom is -0.390 e. The van der Waals surface area contributed by atoms with Gasteiger partial charge in [-0.05, 0) is 51.0 Å². The van der Waals surface area contributed by atoms with Crippen LogP contribution in [0, 0.1) is 6.92 Å². The molecule has 0 radical (unpaired) electrons. The summed E-state index contributed by atoms with van der Waals surface area (Å²) < 4.78 is 1.71. The average Bonchev–Trinajstić information content (AvgIpc) is 3.10. The number of carbonyl (C=O) groups excluding carboxylic acids is 1. The van der Waals surface area contributed by atoms with Crippen LogP contribution in [0.5, 0.6) is 0 Å². The number of amides is 1. The van der Waals surface area contributed by atoms with Crippen molar-refractivity contribution in [3.63, 3.8) is 0 Å².